The third kappa shape index (κ3) is 6.02. The van der Waals surface area contributed by atoms with Crippen LogP contribution < -0.4 is 25.2 Å². The number of nitrogens with zero attached hydrogens (tertiary/aromatic N) is 4. The van der Waals surface area contributed by atoms with Gasteiger partial charge in [-0.3, -0.25) is 15.0 Å². The highest BCUT2D eigenvalue weighted by Crippen LogP contribution is 2.38. The van der Waals surface area contributed by atoms with E-state index in [0.717, 1.165) is 19.9 Å². The van der Waals surface area contributed by atoms with E-state index in [1.165, 1.54) is 29.3 Å². The van der Waals surface area contributed by atoms with Gasteiger partial charge in [0.1, 0.15) is 36.0 Å². The van der Waals surface area contributed by atoms with Gasteiger partial charge >= 0.3 is 12.2 Å². The zero-order valence-corrected chi connectivity index (χ0v) is 19.9. The van der Waals surface area contributed by atoms with Gasteiger partial charge in [0.25, 0.3) is 5.91 Å². The van der Waals surface area contributed by atoms with Crippen LogP contribution in [0.5, 0.6) is 5.75 Å². The Balaban J connectivity index is 1.57. The van der Waals surface area contributed by atoms with E-state index in [9.17, 15) is 27.9 Å². The molecule has 1 fully saturated rings. The van der Waals surface area contributed by atoms with Crippen molar-refractivity contribution in [2.24, 2.45) is 0 Å². The Morgan fingerprint density at radius 2 is 2.08 bits per heavy atom. The summed E-state index contributed by atoms with van der Waals surface area (Å²) in [5.41, 5.74) is 0.347. The maximum atomic E-state index is 13.4. The largest absolute Gasteiger partial charge is 0.491 e. The number of rotatable bonds is 7. The molecule has 37 heavy (non-hydrogen) atoms. The van der Waals surface area contributed by atoms with Crippen LogP contribution in [0.3, 0.4) is 0 Å². The fraction of sp³-hybridized carbons (Fsp3) is 0.478. The molecule has 0 aromatic carbocycles. The van der Waals surface area contributed by atoms with Gasteiger partial charge in [0, 0.05) is 25.4 Å². The van der Waals surface area contributed by atoms with Gasteiger partial charge < -0.3 is 25.2 Å². The molecule has 4 rings (SSSR count). The first kappa shape index (κ1) is 26.4. The van der Waals surface area contributed by atoms with Gasteiger partial charge in [-0.25, -0.2) is 14.8 Å². The number of hydrogen-bond acceptors (Lipinski definition) is 8. The highest BCUT2D eigenvalue weighted by Gasteiger charge is 2.40. The summed E-state index contributed by atoms with van der Waals surface area (Å²) in [4.78, 5) is 37.7. The van der Waals surface area contributed by atoms with E-state index >= 15 is 0 Å². The van der Waals surface area contributed by atoms with Crippen LogP contribution in [0.15, 0.2) is 30.5 Å². The molecule has 11 nitrogen and oxygen atoms in total. The molecule has 3 atom stereocenters. The first-order valence-corrected chi connectivity index (χ1v) is 11.7. The monoisotopic (exact) mass is 524 g/mol. The van der Waals surface area contributed by atoms with E-state index in [1.54, 1.807) is 6.07 Å². The summed E-state index contributed by atoms with van der Waals surface area (Å²) >= 11 is 0. The van der Waals surface area contributed by atoms with Crippen molar-refractivity contribution in [3.05, 3.63) is 36.2 Å². The van der Waals surface area contributed by atoms with Crippen molar-refractivity contribution in [1.29, 1.82) is 0 Å². The van der Waals surface area contributed by atoms with Crippen molar-refractivity contribution in [3.8, 4) is 5.75 Å². The first-order chi connectivity index (χ1) is 17.6. The van der Waals surface area contributed by atoms with Crippen LogP contribution in [0.25, 0.3) is 0 Å². The van der Waals surface area contributed by atoms with Gasteiger partial charge in [-0.05, 0) is 38.0 Å². The number of fused-ring (bicyclic) bond motifs is 4. The van der Waals surface area contributed by atoms with Crippen molar-refractivity contribution in [3.63, 3.8) is 0 Å². The van der Waals surface area contributed by atoms with Crippen LogP contribution in [0, 0.1) is 0 Å². The standard InChI is InChI=1S/C23H27F3N6O5/c1-13(23(24,25)26)28-21(35)17-4-5-18-20(29-17)32(14-3-2-8-31(18)10-14)22(36)30-19-9-16(6-7-27-19)37-12-15(34)11-33/h4-7,9,13-15,33-34H,2-3,8,10-12H2,1H3,(H,28,35)(H,27,30,36)/t13?,14-,15?/m0/s1. The Labute approximate surface area is 210 Å². The maximum absolute atomic E-state index is 13.4. The Morgan fingerprint density at radius 3 is 2.81 bits per heavy atom. The van der Waals surface area contributed by atoms with Crippen LogP contribution in [-0.4, -0.2) is 82.8 Å². The van der Waals surface area contributed by atoms with Crippen molar-refractivity contribution < 1.29 is 37.7 Å². The van der Waals surface area contributed by atoms with Crippen LogP contribution in [0.1, 0.15) is 30.3 Å². The summed E-state index contributed by atoms with van der Waals surface area (Å²) in [6.07, 6.45) is -2.80. The molecule has 2 aromatic heterocycles. The number of piperidine rings is 1. The average Bonchev–Trinajstić information content (AvgIpc) is 2.86. The predicted molar refractivity (Wildman–Crippen MR) is 127 cm³/mol. The molecule has 3 amide bonds. The number of urea groups is 1. The number of pyridine rings is 2. The fourth-order valence-corrected chi connectivity index (χ4v) is 4.15. The highest BCUT2D eigenvalue weighted by atomic mass is 19.4. The number of ether oxygens (including phenoxy) is 1. The maximum Gasteiger partial charge on any atom is 0.408 e. The van der Waals surface area contributed by atoms with Gasteiger partial charge in [-0.2, -0.15) is 13.2 Å². The lowest BCUT2D eigenvalue weighted by Crippen LogP contribution is -2.56. The number of amides is 3. The van der Waals surface area contributed by atoms with E-state index in [-0.39, 0.29) is 30.0 Å². The Kier molecular flexibility index (Phi) is 7.68. The Hall–Kier alpha value is -3.65. The summed E-state index contributed by atoms with van der Waals surface area (Å²) in [5, 5.41) is 23.0. The molecule has 1 saturated heterocycles. The van der Waals surface area contributed by atoms with Crippen molar-refractivity contribution in [2.75, 3.05) is 41.4 Å². The van der Waals surface area contributed by atoms with E-state index in [0.29, 0.717) is 24.4 Å². The second-order valence-electron chi connectivity index (χ2n) is 8.84. The van der Waals surface area contributed by atoms with Crippen LogP contribution in [0.2, 0.25) is 0 Å². The number of hydrogen-bond donors (Lipinski definition) is 4. The zero-order chi connectivity index (χ0) is 26.7. The van der Waals surface area contributed by atoms with Crippen molar-refractivity contribution >= 4 is 29.3 Å². The number of aromatic nitrogens is 2. The number of carbonyl (C=O) groups is 2. The zero-order valence-electron chi connectivity index (χ0n) is 19.9. The van der Waals surface area contributed by atoms with Gasteiger partial charge in [0.2, 0.25) is 0 Å². The molecule has 0 saturated carbocycles. The van der Waals surface area contributed by atoms with Gasteiger partial charge in [0.05, 0.1) is 18.3 Å². The lowest BCUT2D eigenvalue weighted by atomic mass is 9.99. The van der Waals surface area contributed by atoms with Gasteiger partial charge in [-0.15, -0.1) is 0 Å². The summed E-state index contributed by atoms with van der Waals surface area (Å²) in [5.74, 6) is -0.389. The molecule has 2 aliphatic rings. The van der Waals surface area contributed by atoms with Crippen LogP contribution in [0.4, 0.5) is 35.3 Å². The SMILES string of the molecule is CC(NC(=O)c1ccc2c(n1)N(C(=O)Nc1cc(OCC(O)CO)ccn1)[C@H]1CCCN2C1)C(F)(F)F. The van der Waals surface area contributed by atoms with Crippen LogP contribution >= 0.6 is 0 Å². The normalized spacial score (nSPS) is 18.5. The molecule has 0 aliphatic carbocycles. The lowest BCUT2D eigenvalue weighted by molar-refractivity contribution is -0.149. The third-order valence-corrected chi connectivity index (χ3v) is 6.09. The molecule has 2 bridgehead atoms. The quantitative estimate of drug-likeness (QED) is 0.431. The van der Waals surface area contributed by atoms with E-state index in [2.05, 4.69) is 15.3 Å². The topological polar surface area (TPSA) is 140 Å². The number of aliphatic hydroxyl groups excluding tert-OH is 2. The molecule has 0 spiro atoms. The minimum Gasteiger partial charge on any atom is -0.491 e. The molecule has 2 aliphatic heterocycles. The minimum absolute atomic E-state index is 0.147. The van der Waals surface area contributed by atoms with Gasteiger partial charge in [-0.1, -0.05) is 0 Å². The molecular weight excluding hydrogens is 497 g/mol. The smallest absolute Gasteiger partial charge is 0.408 e. The van der Waals surface area contributed by atoms with Crippen molar-refractivity contribution in [2.45, 2.75) is 44.1 Å². The van der Waals surface area contributed by atoms with Crippen molar-refractivity contribution in [1.82, 2.24) is 15.3 Å². The van der Waals surface area contributed by atoms with Gasteiger partial charge in [0.15, 0.2) is 5.82 Å². The van der Waals surface area contributed by atoms with E-state index in [1.807, 2.05) is 10.2 Å². The summed E-state index contributed by atoms with van der Waals surface area (Å²) < 4.78 is 44.2. The second-order valence-corrected chi connectivity index (χ2v) is 8.84. The number of alkyl halides is 3. The molecule has 2 aromatic rings. The molecule has 200 valence electrons. The molecule has 2 unspecified atom stereocenters. The Bertz CT molecular complexity index is 1150. The van der Waals surface area contributed by atoms with E-state index in [4.69, 9.17) is 9.84 Å². The summed E-state index contributed by atoms with van der Waals surface area (Å²) in [6.45, 7) is 1.46. The highest BCUT2D eigenvalue weighted by molar-refractivity contribution is 6.04. The third-order valence-electron chi connectivity index (χ3n) is 6.09. The van der Waals surface area contributed by atoms with E-state index < -0.39 is 36.9 Å². The molecule has 0 radical (unpaired) electrons. The molecular formula is C23H27F3N6O5. The number of carbonyl (C=O) groups excluding carboxylic acids is 2. The number of aliphatic hydroxyl groups is 2. The fourth-order valence-electron chi connectivity index (χ4n) is 4.15. The van der Waals surface area contributed by atoms with Crippen LogP contribution in [-0.2, 0) is 0 Å². The summed E-state index contributed by atoms with van der Waals surface area (Å²) in [6, 6.07) is 2.95. The Morgan fingerprint density at radius 1 is 1.30 bits per heavy atom. The predicted octanol–water partition coefficient (Wildman–Crippen LogP) is 1.91. The number of halogens is 3. The number of anilines is 3. The average molecular weight is 525 g/mol. The first-order valence-electron chi connectivity index (χ1n) is 11.7. The second kappa shape index (κ2) is 10.8. The summed E-state index contributed by atoms with van der Waals surface area (Å²) in [7, 11) is 0. The molecule has 4 N–H and O–H groups in total. The lowest BCUT2D eigenvalue weighted by Gasteiger charge is -2.45. The molecule has 14 heteroatoms. The number of nitrogens with one attached hydrogen (secondary N) is 2. The minimum atomic E-state index is -4.61. The molecule has 4 heterocycles.